The van der Waals surface area contributed by atoms with Crippen LogP contribution in [0.15, 0.2) is 16.6 Å². The SMILES string of the molecule is O=C(Cl)c1ccc(F)c(C(=O)Cl)c1Br. The molecule has 1 rings (SSSR count). The second kappa shape index (κ2) is 4.38. The molecule has 0 radical (unpaired) electrons. The van der Waals surface area contributed by atoms with Crippen molar-refractivity contribution in [3.63, 3.8) is 0 Å². The van der Waals surface area contributed by atoms with Crippen molar-refractivity contribution < 1.29 is 14.0 Å². The number of carbonyl (C=O) groups is 2. The second-order valence-corrected chi connectivity index (χ2v) is 3.81. The van der Waals surface area contributed by atoms with Crippen LogP contribution in [0.2, 0.25) is 0 Å². The quantitative estimate of drug-likeness (QED) is 0.785. The van der Waals surface area contributed by atoms with Crippen LogP contribution in [0.25, 0.3) is 0 Å². The van der Waals surface area contributed by atoms with Gasteiger partial charge in [-0.1, -0.05) is 0 Å². The first-order valence-electron chi connectivity index (χ1n) is 3.32. The van der Waals surface area contributed by atoms with E-state index in [1.807, 2.05) is 0 Å². The van der Waals surface area contributed by atoms with Gasteiger partial charge in [0.15, 0.2) is 0 Å². The third-order valence-corrected chi connectivity index (χ3v) is 2.72. The Kier molecular flexibility index (Phi) is 3.64. The minimum atomic E-state index is -0.992. The maximum Gasteiger partial charge on any atom is 0.256 e. The van der Waals surface area contributed by atoms with Crippen molar-refractivity contribution >= 4 is 49.6 Å². The lowest BCUT2D eigenvalue weighted by Gasteiger charge is -2.03. The summed E-state index contributed by atoms with van der Waals surface area (Å²) in [7, 11) is 0. The molecule has 0 unspecified atom stereocenters. The molecule has 1 aromatic rings. The van der Waals surface area contributed by atoms with Gasteiger partial charge in [-0.2, -0.15) is 0 Å². The molecule has 2 nitrogen and oxygen atoms in total. The van der Waals surface area contributed by atoms with Crippen LogP contribution in [-0.2, 0) is 0 Å². The van der Waals surface area contributed by atoms with E-state index in [0.717, 1.165) is 12.1 Å². The maximum absolute atomic E-state index is 13.1. The van der Waals surface area contributed by atoms with Gasteiger partial charge in [0.25, 0.3) is 10.5 Å². The van der Waals surface area contributed by atoms with Gasteiger partial charge >= 0.3 is 0 Å². The molecule has 0 aliphatic heterocycles. The van der Waals surface area contributed by atoms with Crippen molar-refractivity contribution in [2.24, 2.45) is 0 Å². The molecule has 0 atom stereocenters. The van der Waals surface area contributed by atoms with Gasteiger partial charge in [-0.3, -0.25) is 9.59 Å². The van der Waals surface area contributed by atoms with Crippen LogP contribution in [0.5, 0.6) is 0 Å². The van der Waals surface area contributed by atoms with Gasteiger partial charge in [-0.15, -0.1) is 0 Å². The van der Waals surface area contributed by atoms with Crippen LogP contribution in [0, 0.1) is 5.82 Å². The Morgan fingerprint density at radius 3 is 2.21 bits per heavy atom. The van der Waals surface area contributed by atoms with Gasteiger partial charge in [-0.25, -0.2) is 4.39 Å². The topological polar surface area (TPSA) is 34.1 Å². The molecule has 0 aliphatic carbocycles. The summed E-state index contributed by atoms with van der Waals surface area (Å²) in [5, 5.41) is -1.79. The van der Waals surface area contributed by atoms with Crippen molar-refractivity contribution in [3.05, 3.63) is 33.5 Å². The van der Waals surface area contributed by atoms with Gasteiger partial charge in [0.2, 0.25) is 0 Å². The highest BCUT2D eigenvalue weighted by atomic mass is 79.9. The molecule has 0 amide bonds. The lowest BCUT2D eigenvalue weighted by atomic mass is 10.1. The number of rotatable bonds is 2. The zero-order chi connectivity index (χ0) is 10.9. The number of halogens is 4. The Morgan fingerprint density at radius 1 is 1.21 bits per heavy atom. The van der Waals surface area contributed by atoms with E-state index >= 15 is 0 Å². The van der Waals surface area contributed by atoms with Crippen molar-refractivity contribution in [1.29, 1.82) is 0 Å². The van der Waals surface area contributed by atoms with Crippen molar-refractivity contribution in [3.8, 4) is 0 Å². The van der Waals surface area contributed by atoms with Gasteiger partial charge in [0, 0.05) is 10.0 Å². The zero-order valence-corrected chi connectivity index (χ0v) is 9.58. The van der Waals surface area contributed by atoms with E-state index in [9.17, 15) is 14.0 Å². The molecule has 14 heavy (non-hydrogen) atoms. The van der Waals surface area contributed by atoms with Gasteiger partial charge in [-0.05, 0) is 51.3 Å². The highest BCUT2D eigenvalue weighted by molar-refractivity contribution is 9.10. The molecular formula is C8H2BrCl2FO2. The molecule has 0 saturated heterocycles. The van der Waals surface area contributed by atoms with Crippen molar-refractivity contribution in [2.45, 2.75) is 0 Å². The lowest BCUT2D eigenvalue weighted by molar-refractivity contribution is 0.107. The molecule has 0 bridgehead atoms. The third-order valence-electron chi connectivity index (χ3n) is 1.50. The summed E-state index contributed by atoms with van der Waals surface area (Å²) in [5.74, 6) is -0.807. The number of hydrogen-bond donors (Lipinski definition) is 0. The smallest absolute Gasteiger partial charge is 0.256 e. The molecular weight excluding hydrogens is 298 g/mol. The van der Waals surface area contributed by atoms with E-state index in [-0.39, 0.29) is 10.0 Å². The van der Waals surface area contributed by atoms with Gasteiger partial charge in [0.1, 0.15) is 5.82 Å². The Balaban J connectivity index is 3.49. The van der Waals surface area contributed by atoms with Crippen LogP contribution in [0.3, 0.4) is 0 Å². The predicted molar refractivity (Wildman–Crippen MR) is 54.5 cm³/mol. The minimum Gasteiger partial charge on any atom is -0.276 e. The van der Waals surface area contributed by atoms with E-state index in [1.54, 1.807) is 0 Å². The summed E-state index contributed by atoms with van der Waals surface area (Å²) >= 11 is 13.2. The van der Waals surface area contributed by atoms with Crippen LogP contribution in [0.1, 0.15) is 20.7 Å². The number of hydrogen-bond acceptors (Lipinski definition) is 2. The van der Waals surface area contributed by atoms with Crippen LogP contribution in [0.4, 0.5) is 4.39 Å². The molecule has 1 aromatic carbocycles. The number of carbonyl (C=O) groups excluding carboxylic acids is 2. The third kappa shape index (κ3) is 2.13. The van der Waals surface area contributed by atoms with Gasteiger partial charge < -0.3 is 0 Å². The Hall–Kier alpha value is -0.450. The zero-order valence-electron chi connectivity index (χ0n) is 6.48. The molecule has 0 N–H and O–H groups in total. The first-order chi connectivity index (χ1) is 6.45. The fourth-order valence-corrected chi connectivity index (χ4v) is 2.14. The maximum atomic E-state index is 13.1. The average molecular weight is 300 g/mol. The Bertz CT molecular complexity index is 420. The Labute approximate surface area is 97.1 Å². The monoisotopic (exact) mass is 298 g/mol. The first-order valence-corrected chi connectivity index (χ1v) is 4.87. The van der Waals surface area contributed by atoms with Gasteiger partial charge in [0.05, 0.1) is 5.56 Å². The normalized spacial score (nSPS) is 10.0. The van der Waals surface area contributed by atoms with Crippen LogP contribution < -0.4 is 0 Å². The van der Waals surface area contributed by atoms with Crippen molar-refractivity contribution in [1.82, 2.24) is 0 Å². The minimum absolute atomic E-state index is 0.00272. The molecule has 0 aromatic heterocycles. The summed E-state index contributed by atoms with van der Waals surface area (Å²) in [6.07, 6.45) is 0. The van der Waals surface area contributed by atoms with E-state index in [0.29, 0.717) is 0 Å². The first kappa shape index (κ1) is 11.6. The Morgan fingerprint density at radius 2 is 1.79 bits per heavy atom. The van der Waals surface area contributed by atoms with E-state index in [1.165, 1.54) is 0 Å². The molecule has 0 saturated carbocycles. The molecule has 0 fully saturated rings. The summed E-state index contributed by atoms with van der Waals surface area (Å²) in [5.41, 5.74) is -0.393. The molecule has 6 heteroatoms. The standard InChI is InChI=1S/C8H2BrCl2FO2/c9-6-3(7(10)13)1-2-4(12)5(6)8(11)14/h1-2H. The average Bonchev–Trinajstić information content (AvgIpc) is 2.02. The molecule has 0 aliphatic rings. The largest absolute Gasteiger partial charge is 0.276 e. The predicted octanol–water partition coefficient (Wildman–Crippen LogP) is 3.35. The second-order valence-electron chi connectivity index (χ2n) is 2.33. The van der Waals surface area contributed by atoms with Crippen LogP contribution in [-0.4, -0.2) is 10.5 Å². The lowest BCUT2D eigenvalue weighted by Crippen LogP contribution is -2.01. The number of benzene rings is 1. The summed E-state index contributed by atoms with van der Waals surface area (Å²) in [6, 6.07) is 2.12. The van der Waals surface area contributed by atoms with E-state index in [2.05, 4.69) is 15.9 Å². The summed E-state index contributed by atoms with van der Waals surface area (Å²) in [4.78, 5) is 21.6. The van der Waals surface area contributed by atoms with Crippen molar-refractivity contribution in [2.75, 3.05) is 0 Å². The molecule has 0 spiro atoms. The fraction of sp³-hybridized carbons (Fsp3) is 0. The summed E-state index contributed by atoms with van der Waals surface area (Å²) in [6.45, 7) is 0. The van der Waals surface area contributed by atoms with E-state index < -0.39 is 21.9 Å². The van der Waals surface area contributed by atoms with E-state index in [4.69, 9.17) is 23.2 Å². The van der Waals surface area contributed by atoms with Crippen LogP contribution >= 0.6 is 39.1 Å². The molecule has 0 heterocycles. The fourth-order valence-electron chi connectivity index (χ4n) is 0.884. The highest BCUT2D eigenvalue weighted by Crippen LogP contribution is 2.27. The highest BCUT2D eigenvalue weighted by Gasteiger charge is 2.19. The molecule has 74 valence electrons. The summed E-state index contributed by atoms with van der Waals surface area (Å²) < 4.78 is 13.0.